The fourth-order valence-electron chi connectivity index (χ4n) is 1.06. The quantitative estimate of drug-likeness (QED) is 0.686. The summed E-state index contributed by atoms with van der Waals surface area (Å²) >= 11 is 0. The van der Waals surface area contributed by atoms with Gasteiger partial charge in [0.05, 0.1) is 0 Å². The van der Waals surface area contributed by atoms with Crippen molar-refractivity contribution in [3.63, 3.8) is 0 Å². The number of nitrogens with one attached hydrogen (secondary N) is 1. The monoisotopic (exact) mass is 205 g/mol. The SMILES string of the molecule is CC(C)CCNC(C)CCS(C)=O. The highest BCUT2D eigenvalue weighted by Gasteiger charge is 2.02. The summed E-state index contributed by atoms with van der Waals surface area (Å²) in [6, 6.07) is 0.502. The minimum atomic E-state index is -0.640. The van der Waals surface area contributed by atoms with Gasteiger partial charge in [0.1, 0.15) is 0 Å². The lowest BCUT2D eigenvalue weighted by Gasteiger charge is -2.13. The molecule has 0 saturated carbocycles. The van der Waals surface area contributed by atoms with E-state index in [0.717, 1.165) is 24.6 Å². The zero-order chi connectivity index (χ0) is 10.3. The summed E-state index contributed by atoms with van der Waals surface area (Å²) in [5.74, 6) is 1.58. The Bertz CT molecular complexity index is 148. The van der Waals surface area contributed by atoms with Crippen molar-refractivity contribution in [2.24, 2.45) is 5.92 Å². The zero-order valence-electron chi connectivity index (χ0n) is 9.30. The largest absolute Gasteiger partial charge is 0.314 e. The summed E-state index contributed by atoms with van der Waals surface area (Å²) in [4.78, 5) is 0. The van der Waals surface area contributed by atoms with E-state index >= 15 is 0 Å². The van der Waals surface area contributed by atoms with Crippen LogP contribution in [0.1, 0.15) is 33.6 Å². The van der Waals surface area contributed by atoms with Crippen LogP contribution >= 0.6 is 0 Å². The molecule has 0 amide bonds. The van der Waals surface area contributed by atoms with E-state index in [9.17, 15) is 4.21 Å². The Labute approximate surface area is 84.9 Å². The molecule has 1 N–H and O–H groups in total. The average Bonchev–Trinajstić information content (AvgIpc) is 2.00. The lowest BCUT2D eigenvalue weighted by molar-refractivity contribution is 0.480. The summed E-state index contributed by atoms with van der Waals surface area (Å²) in [7, 11) is -0.640. The molecule has 2 nitrogen and oxygen atoms in total. The molecule has 3 heteroatoms. The standard InChI is InChI=1S/C10H23NOS/c1-9(2)5-7-11-10(3)6-8-13(4)12/h9-11H,5-8H2,1-4H3. The van der Waals surface area contributed by atoms with Gasteiger partial charge >= 0.3 is 0 Å². The maximum atomic E-state index is 10.8. The Morgan fingerprint density at radius 1 is 1.23 bits per heavy atom. The molecule has 0 aliphatic rings. The Kier molecular flexibility index (Phi) is 7.57. The van der Waals surface area contributed by atoms with Gasteiger partial charge in [0.2, 0.25) is 0 Å². The first-order chi connectivity index (χ1) is 6.02. The second-order valence-electron chi connectivity index (χ2n) is 4.10. The van der Waals surface area contributed by atoms with Crippen molar-refractivity contribution in [2.75, 3.05) is 18.6 Å². The first kappa shape index (κ1) is 13.1. The van der Waals surface area contributed by atoms with Crippen molar-refractivity contribution in [2.45, 2.75) is 39.7 Å². The van der Waals surface area contributed by atoms with Gasteiger partial charge in [0, 0.05) is 28.9 Å². The molecular weight excluding hydrogens is 182 g/mol. The molecule has 0 aromatic rings. The van der Waals surface area contributed by atoms with Crippen molar-refractivity contribution in [3.05, 3.63) is 0 Å². The number of hydrogen-bond donors (Lipinski definition) is 1. The van der Waals surface area contributed by atoms with E-state index in [1.807, 2.05) is 0 Å². The fourth-order valence-corrected chi connectivity index (χ4v) is 1.75. The predicted octanol–water partition coefficient (Wildman–Crippen LogP) is 1.78. The molecule has 0 aliphatic heterocycles. The molecular formula is C10H23NOS. The van der Waals surface area contributed by atoms with Crippen molar-refractivity contribution in [3.8, 4) is 0 Å². The van der Waals surface area contributed by atoms with E-state index in [0.29, 0.717) is 6.04 Å². The van der Waals surface area contributed by atoms with E-state index in [1.165, 1.54) is 6.42 Å². The highest BCUT2D eigenvalue weighted by Crippen LogP contribution is 1.98. The first-order valence-electron chi connectivity index (χ1n) is 5.05. The third-order valence-corrected chi connectivity index (χ3v) is 2.86. The van der Waals surface area contributed by atoms with Crippen LogP contribution in [-0.2, 0) is 10.8 Å². The molecule has 0 bridgehead atoms. The second-order valence-corrected chi connectivity index (χ2v) is 5.66. The lowest BCUT2D eigenvalue weighted by Crippen LogP contribution is -2.29. The fraction of sp³-hybridized carbons (Fsp3) is 1.00. The third kappa shape index (κ3) is 10.0. The zero-order valence-corrected chi connectivity index (χ0v) is 10.1. The van der Waals surface area contributed by atoms with E-state index in [-0.39, 0.29) is 0 Å². The predicted molar refractivity (Wildman–Crippen MR) is 60.5 cm³/mol. The molecule has 0 saturated heterocycles. The van der Waals surface area contributed by atoms with E-state index in [2.05, 4.69) is 26.1 Å². The van der Waals surface area contributed by atoms with Gasteiger partial charge in [-0.3, -0.25) is 4.21 Å². The van der Waals surface area contributed by atoms with Crippen LogP contribution in [-0.4, -0.2) is 28.8 Å². The summed E-state index contributed by atoms with van der Waals surface area (Å²) in [5, 5.41) is 3.43. The van der Waals surface area contributed by atoms with Gasteiger partial charge in [0.25, 0.3) is 0 Å². The lowest BCUT2D eigenvalue weighted by atomic mass is 10.1. The highest BCUT2D eigenvalue weighted by atomic mass is 32.2. The normalized spacial score (nSPS) is 16.1. The summed E-state index contributed by atoms with van der Waals surface area (Å²) in [6.07, 6.45) is 4.00. The molecule has 0 rings (SSSR count). The van der Waals surface area contributed by atoms with Crippen LogP contribution in [0.2, 0.25) is 0 Å². The topological polar surface area (TPSA) is 29.1 Å². The average molecular weight is 205 g/mol. The maximum Gasteiger partial charge on any atom is 0.0246 e. The molecule has 2 atom stereocenters. The molecule has 0 fully saturated rings. The van der Waals surface area contributed by atoms with Crippen LogP contribution in [0, 0.1) is 5.92 Å². The first-order valence-corrected chi connectivity index (χ1v) is 6.78. The van der Waals surface area contributed by atoms with Gasteiger partial charge < -0.3 is 5.32 Å². The van der Waals surface area contributed by atoms with Gasteiger partial charge in [-0.05, 0) is 32.2 Å². The molecule has 0 radical (unpaired) electrons. The van der Waals surface area contributed by atoms with Crippen molar-refractivity contribution in [1.29, 1.82) is 0 Å². The summed E-state index contributed by atoms with van der Waals surface area (Å²) in [5.41, 5.74) is 0. The summed E-state index contributed by atoms with van der Waals surface area (Å²) < 4.78 is 10.8. The molecule has 0 aromatic heterocycles. The van der Waals surface area contributed by atoms with E-state index in [4.69, 9.17) is 0 Å². The summed E-state index contributed by atoms with van der Waals surface area (Å²) in [6.45, 7) is 7.70. The van der Waals surface area contributed by atoms with Crippen molar-refractivity contribution < 1.29 is 4.21 Å². The Morgan fingerprint density at radius 2 is 1.85 bits per heavy atom. The van der Waals surface area contributed by atoms with Crippen LogP contribution in [0.15, 0.2) is 0 Å². The van der Waals surface area contributed by atoms with E-state index < -0.39 is 10.8 Å². The molecule has 80 valence electrons. The smallest absolute Gasteiger partial charge is 0.0246 e. The Balaban J connectivity index is 3.30. The van der Waals surface area contributed by atoms with Crippen LogP contribution in [0.3, 0.4) is 0 Å². The molecule has 0 heterocycles. The molecule has 0 aliphatic carbocycles. The van der Waals surface area contributed by atoms with Crippen LogP contribution in [0.4, 0.5) is 0 Å². The van der Waals surface area contributed by atoms with Crippen LogP contribution < -0.4 is 5.32 Å². The molecule has 2 unspecified atom stereocenters. The van der Waals surface area contributed by atoms with Gasteiger partial charge in [0.15, 0.2) is 0 Å². The molecule has 0 aromatic carbocycles. The minimum Gasteiger partial charge on any atom is -0.314 e. The number of hydrogen-bond acceptors (Lipinski definition) is 2. The minimum absolute atomic E-state index is 0.502. The number of rotatable bonds is 7. The van der Waals surface area contributed by atoms with Gasteiger partial charge in [-0.15, -0.1) is 0 Å². The van der Waals surface area contributed by atoms with Crippen LogP contribution in [0.5, 0.6) is 0 Å². The van der Waals surface area contributed by atoms with Gasteiger partial charge in [-0.2, -0.15) is 0 Å². The third-order valence-electron chi connectivity index (χ3n) is 2.05. The van der Waals surface area contributed by atoms with Crippen molar-refractivity contribution >= 4 is 10.8 Å². The second kappa shape index (κ2) is 7.51. The Morgan fingerprint density at radius 3 is 2.31 bits per heavy atom. The highest BCUT2D eigenvalue weighted by molar-refractivity contribution is 7.84. The molecule has 13 heavy (non-hydrogen) atoms. The van der Waals surface area contributed by atoms with Crippen molar-refractivity contribution in [1.82, 2.24) is 5.32 Å². The van der Waals surface area contributed by atoms with Gasteiger partial charge in [-0.1, -0.05) is 13.8 Å². The van der Waals surface area contributed by atoms with Crippen LogP contribution in [0.25, 0.3) is 0 Å². The maximum absolute atomic E-state index is 10.8. The van der Waals surface area contributed by atoms with E-state index in [1.54, 1.807) is 6.26 Å². The molecule has 0 spiro atoms. The van der Waals surface area contributed by atoms with Gasteiger partial charge in [-0.25, -0.2) is 0 Å². The Hall–Kier alpha value is 0.110.